The molecule has 6 rings (SSSR count). The number of piperazine rings is 2. The highest BCUT2D eigenvalue weighted by Crippen LogP contribution is 2.32. The van der Waals surface area contributed by atoms with Crippen LogP contribution in [0.2, 0.25) is 0 Å². The molecule has 2 amide bonds. The van der Waals surface area contributed by atoms with Crippen LogP contribution in [0.25, 0.3) is 10.6 Å². The highest BCUT2D eigenvalue weighted by atomic mass is 32.2. The van der Waals surface area contributed by atoms with Gasteiger partial charge < -0.3 is 19.6 Å². The predicted molar refractivity (Wildman–Crippen MR) is 165 cm³/mol. The van der Waals surface area contributed by atoms with E-state index in [0.29, 0.717) is 30.4 Å². The zero-order chi connectivity index (χ0) is 30.4. The topological polar surface area (TPSA) is 116 Å². The van der Waals surface area contributed by atoms with Gasteiger partial charge in [0, 0.05) is 68.5 Å². The number of sulfonamides is 1. The van der Waals surface area contributed by atoms with Crippen LogP contribution in [0.5, 0.6) is 0 Å². The number of carbonyl (C=O) groups is 2. The number of thiophene rings is 1. The Morgan fingerprint density at radius 2 is 1.47 bits per heavy atom. The first-order valence-corrected chi connectivity index (χ1v) is 16.4. The molecule has 0 spiro atoms. The highest BCUT2D eigenvalue weighted by Gasteiger charge is 2.36. The monoisotopic (exact) mass is 621 g/mol. The summed E-state index contributed by atoms with van der Waals surface area (Å²) in [6, 6.07) is 23.6. The van der Waals surface area contributed by atoms with Gasteiger partial charge in [0.25, 0.3) is 21.8 Å². The number of nitrogens with one attached hydrogen (secondary N) is 1. The lowest BCUT2D eigenvalue weighted by atomic mass is 10.1. The van der Waals surface area contributed by atoms with Gasteiger partial charge >= 0.3 is 0 Å². The molecular formula is C31H35N5O5S2. The first-order chi connectivity index (χ1) is 20.7. The molecule has 4 heterocycles. The number of nitrogens with zero attached hydrogens (tertiary/aromatic N) is 4. The summed E-state index contributed by atoms with van der Waals surface area (Å²) in [6.07, 6.45) is 1.45. The summed E-state index contributed by atoms with van der Waals surface area (Å²) in [4.78, 5) is 29.1. The molecule has 2 aromatic heterocycles. The van der Waals surface area contributed by atoms with Crippen LogP contribution >= 0.6 is 11.3 Å². The molecule has 226 valence electrons. The molecule has 4 aromatic rings. The molecule has 2 saturated heterocycles. The van der Waals surface area contributed by atoms with Crippen LogP contribution < -0.4 is 5.32 Å². The summed E-state index contributed by atoms with van der Waals surface area (Å²) >= 11 is 1.16. The van der Waals surface area contributed by atoms with Crippen molar-refractivity contribution in [2.24, 2.45) is 0 Å². The fourth-order valence-electron chi connectivity index (χ4n) is 5.18. The Kier molecular flexibility index (Phi) is 9.71. The van der Waals surface area contributed by atoms with Crippen molar-refractivity contribution in [3.63, 3.8) is 0 Å². The Bertz CT molecular complexity index is 1610. The molecule has 12 heteroatoms. The highest BCUT2D eigenvalue weighted by molar-refractivity contribution is 7.91. The predicted octanol–water partition coefficient (Wildman–Crippen LogP) is 4.06. The number of benzene rings is 2. The van der Waals surface area contributed by atoms with Gasteiger partial charge in [-0.15, -0.1) is 11.3 Å². The summed E-state index contributed by atoms with van der Waals surface area (Å²) in [5.74, 6) is 0.0675. The van der Waals surface area contributed by atoms with E-state index < -0.39 is 10.0 Å². The van der Waals surface area contributed by atoms with Crippen LogP contribution in [-0.2, 0) is 10.0 Å². The molecule has 0 radical (unpaired) electrons. The lowest BCUT2D eigenvalue weighted by Crippen LogP contribution is -2.55. The molecule has 0 saturated carbocycles. The van der Waals surface area contributed by atoms with E-state index in [1.807, 2.05) is 60.4 Å². The largest absolute Gasteiger partial charge is 0.364 e. The molecule has 43 heavy (non-hydrogen) atoms. The number of carbonyl (C=O) groups excluding carboxylic acids is 2. The third-order valence-corrected chi connectivity index (χ3v) is 11.0. The third kappa shape index (κ3) is 7.21. The minimum atomic E-state index is -3.64. The van der Waals surface area contributed by atoms with Gasteiger partial charge in [-0.05, 0) is 50.2 Å². The Hall–Kier alpha value is -3.84. The standard InChI is InChI=1S/C19H19N3O4S2.C12H16N2O/c1-14-13-21(19(23)15-5-3-2-4-6-15)10-11-22(14)28(24,25)18-8-7-17(27-18)16-9-12-26-20-16;1-10-9-14(8-7-13-10)12(15)11-5-3-2-4-6-11/h2-9,12,14H,10-11,13H2,1H3;2-6,10,13H,7-9H2,1H3. The van der Waals surface area contributed by atoms with Gasteiger partial charge in [-0.1, -0.05) is 41.6 Å². The van der Waals surface area contributed by atoms with Crippen molar-refractivity contribution in [3.05, 3.63) is 96.3 Å². The van der Waals surface area contributed by atoms with E-state index in [9.17, 15) is 18.0 Å². The number of hydrogen-bond acceptors (Lipinski definition) is 8. The Balaban J connectivity index is 0.000000207. The summed E-state index contributed by atoms with van der Waals surface area (Å²) < 4.78 is 32.8. The van der Waals surface area contributed by atoms with Crippen molar-refractivity contribution in [1.82, 2.24) is 24.6 Å². The minimum absolute atomic E-state index is 0.0751. The lowest BCUT2D eigenvalue weighted by Gasteiger charge is -2.38. The quantitative estimate of drug-likeness (QED) is 0.357. The molecule has 2 unspecified atom stereocenters. The Labute approximate surface area is 255 Å². The van der Waals surface area contributed by atoms with Crippen LogP contribution in [0, 0.1) is 0 Å². The summed E-state index contributed by atoms with van der Waals surface area (Å²) in [6.45, 7) is 7.40. The second-order valence-corrected chi connectivity index (χ2v) is 13.8. The number of rotatable bonds is 5. The van der Waals surface area contributed by atoms with Gasteiger partial charge in [0.1, 0.15) is 16.2 Å². The van der Waals surface area contributed by atoms with E-state index in [0.717, 1.165) is 41.4 Å². The van der Waals surface area contributed by atoms with Crippen molar-refractivity contribution < 1.29 is 22.5 Å². The van der Waals surface area contributed by atoms with E-state index in [2.05, 4.69) is 17.4 Å². The van der Waals surface area contributed by atoms with Crippen molar-refractivity contribution in [2.45, 2.75) is 30.1 Å². The molecule has 1 N–H and O–H groups in total. The average Bonchev–Trinajstić information content (AvgIpc) is 3.75. The Morgan fingerprint density at radius 3 is 2.02 bits per heavy atom. The van der Waals surface area contributed by atoms with Gasteiger partial charge in [-0.3, -0.25) is 9.59 Å². The summed E-state index contributed by atoms with van der Waals surface area (Å²) in [7, 11) is -3.64. The van der Waals surface area contributed by atoms with Gasteiger partial charge in [0.05, 0.1) is 4.88 Å². The maximum absolute atomic E-state index is 13.1. The molecule has 2 aliphatic rings. The minimum Gasteiger partial charge on any atom is -0.364 e. The first kappa shape index (κ1) is 30.6. The molecule has 2 aromatic carbocycles. The van der Waals surface area contributed by atoms with E-state index in [1.54, 1.807) is 35.2 Å². The second-order valence-electron chi connectivity index (χ2n) is 10.6. The van der Waals surface area contributed by atoms with E-state index in [1.165, 1.54) is 10.6 Å². The number of hydrogen-bond donors (Lipinski definition) is 1. The van der Waals surface area contributed by atoms with E-state index >= 15 is 0 Å². The van der Waals surface area contributed by atoms with E-state index in [4.69, 9.17) is 4.52 Å². The van der Waals surface area contributed by atoms with E-state index in [-0.39, 0.29) is 28.6 Å². The zero-order valence-electron chi connectivity index (χ0n) is 24.1. The Morgan fingerprint density at radius 1 is 0.837 bits per heavy atom. The van der Waals surface area contributed by atoms with Gasteiger partial charge in [-0.25, -0.2) is 8.42 Å². The SMILES string of the molecule is CC1CN(C(=O)c2ccccc2)CCN1.CC1CN(C(=O)c2ccccc2)CCN1S(=O)(=O)c1ccc(-c2ccon2)s1. The number of amides is 2. The smallest absolute Gasteiger partial charge is 0.253 e. The summed E-state index contributed by atoms with van der Waals surface area (Å²) in [5.41, 5.74) is 2.01. The molecule has 10 nitrogen and oxygen atoms in total. The van der Waals surface area contributed by atoms with Crippen molar-refractivity contribution >= 4 is 33.2 Å². The van der Waals surface area contributed by atoms with Crippen molar-refractivity contribution in [3.8, 4) is 10.6 Å². The van der Waals surface area contributed by atoms with Crippen LogP contribution in [0.3, 0.4) is 0 Å². The van der Waals surface area contributed by atoms with Crippen LogP contribution in [0.1, 0.15) is 34.6 Å². The maximum atomic E-state index is 13.1. The van der Waals surface area contributed by atoms with Gasteiger partial charge in [0.15, 0.2) is 0 Å². The van der Waals surface area contributed by atoms with Crippen molar-refractivity contribution in [2.75, 3.05) is 39.3 Å². The summed E-state index contributed by atoms with van der Waals surface area (Å²) in [5, 5.41) is 7.17. The zero-order valence-corrected chi connectivity index (χ0v) is 25.8. The molecular weight excluding hydrogens is 587 g/mol. The van der Waals surface area contributed by atoms with Crippen LogP contribution in [-0.4, -0.2) is 90.8 Å². The normalized spacial score (nSPS) is 19.4. The fraction of sp³-hybridized carbons (Fsp3) is 0.323. The van der Waals surface area contributed by atoms with Crippen LogP contribution in [0.15, 0.2) is 93.9 Å². The van der Waals surface area contributed by atoms with Gasteiger partial charge in [0.2, 0.25) is 0 Å². The number of aromatic nitrogens is 1. The van der Waals surface area contributed by atoms with Gasteiger partial charge in [-0.2, -0.15) is 4.31 Å². The third-order valence-electron chi connectivity index (χ3n) is 7.39. The average molecular weight is 622 g/mol. The first-order valence-electron chi connectivity index (χ1n) is 14.2. The van der Waals surface area contributed by atoms with Crippen molar-refractivity contribution in [1.29, 1.82) is 0 Å². The maximum Gasteiger partial charge on any atom is 0.253 e. The fourth-order valence-corrected chi connectivity index (χ4v) is 8.19. The molecule has 2 aliphatic heterocycles. The second kappa shape index (κ2) is 13.6. The lowest BCUT2D eigenvalue weighted by molar-refractivity contribution is 0.0642. The molecule has 0 aliphatic carbocycles. The molecule has 0 bridgehead atoms. The molecule has 2 fully saturated rings. The van der Waals surface area contributed by atoms with Crippen LogP contribution in [0.4, 0.5) is 0 Å². The molecule has 2 atom stereocenters.